The van der Waals surface area contributed by atoms with Gasteiger partial charge in [-0.05, 0) is 47.5 Å². The van der Waals surface area contributed by atoms with Crippen molar-refractivity contribution in [1.29, 1.82) is 0 Å². The van der Waals surface area contributed by atoms with Crippen LogP contribution in [0.3, 0.4) is 0 Å². The summed E-state index contributed by atoms with van der Waals surface area (Å²) < 4.78 is 3.03. The maximum Gasteiger partial charge on any atom is 0.214 e. The highest BCUT2D eigenvalue weighted by Gasteiger charge is 2.14. The van der Waals surface area contributed by atoms with Gasteiger partial charge in [-0.3, -0.25) is 0 Å². The molecule has 2 aromatic heterocycles. The van der Waals surface area contributed by atoms with Gasteiger partial charge in [0.1, 0.15) is 5.01 Å². The van der Waals surface area contributed by atoms with Crippen LogP contribution in [0.25, 0.3) is 15.9 Å². The lowest BCUT2D eigenvalue weighted by Gasteiger charge is -2.10. The van der Waals surface area contributed by atoms with Gasteiger partial charge in [0.15, 0.2) is 0 Å². The number of benzene rings is 2. The molecule has 5 nitrogen and oxygen atoms in total. The van der Waals surface area contributed by atoms with E-state index in [2.05, 4.69) is 52.6 Å². The number of hydrogen-bond acceptors (Lipinski definition) is 6. The fourth-order valence-electron chi connectivity index (χ4n) is 2.66. The highest BCUT2D eigenvalue weighted by Crippen LogP contribution is 2.29. The predicted molar refractivity (Wildman–Crippen MR) is 97.8 cm³/mol. The minimum Gasteiger partial charge on any atom is -0.240 e. The maximum atomic E-state index is 4.67. The van der Waals surface area contributed by atoms with Crippen LogP contribution in [0.15, 0.2) is 47.6 Å². The van der Waals surface area contributed by atoms with Crippen LogP contribution in [-0.4, -0.2) is 25.2 Å². The van der Waals surface area contributed by atoms with Gasteiger partial charge in [-0.25, -0.2) is 4.98 Å². The summed E-state index contributed by atoms with van der Waals surface area (Å²) in [6, 6.07) is 14.4. The van der Waals surface area contributed by atoms with Crippen molar-refractivity contribution < 1.29 is 0 Å². The largest absolute Gasteiger partial charge is 0.240 e. The van der Waals surface area contributed by atoms with E-state index in [1.807, 2.05) is 28.9 Å². The lowest BCUT2D eigenvalue weighted by molar-refractivity contribution is 0.747. The number of hydrogen-bond donors (Lipinski definition) is 0. The topological polar surface area (TPSA) is 56.5 Å². The molecule has 0 fully saturated rings. The number of tetrazole rings is 1. The molecule has 2 aromatic carbocycles. The number of aromatic nitrogens is 5. The van der Waals surface area contributed by atoms with Crippen LogP contribution in [0.5, 0.6) is 0 Å². The molecule has 0 atom stereocenters. The van der Waals surface area contributed by atoms with E-state index in [-0.39, 0.29) is 0 Å². The number of nitrogens with zero attached hydrogens (tertiary/aromatic N) is 5. The lowest BCUT2D eigenvalue weighted by atomic mass is 10.1. The molecular formula is C17H15N5S2. The summed E-state index contributed by atoms with van der Waals surface area (Å²) in [5.74, 6) is 0.755. The average Bonchev–Trinajstić information content (AvgIpc) is 3.19. The quantitative estimate of drug-likeness (QED) is 0.515. The molecule has 120 valence electrons. The summed E-state index contributed by atoms with van der Waals surface area (Å²) in [4.78, 5) is 4.67. The van der Waals surface area contributed by atoms with Crippen LogP contribution in [0.2, 0.25) is 0 Å². The summed E-state index contributed by atoms with van der Waals surface area (Å²) in [5, 5.41) is 14.1. The van der Waals surface area contributed by atoms with Gasteiger partial charge in [-0.15, -0.1) is 16.4 Å². The summed E-state index contributed by atoms with van der Waals surface area (Å²) >= 11 is 3.33. The number of fused-ring (bicyclic) bond motifs is 1. The molecule has 0 spiro atoms. The lowest BCUT2D eigenvalue weighted by Crippen LogP contribution is -2.04. The zero-order valence-electron chi connectivity index (χ0n) is 13.3. The molecule has 0 aliphatic heterocycles. The molecule has 0 bridgehead atoms. The first-order chi connectivity index (χ1) is 11.7. The molecule has 0 aliphatic rings. The molecule has 24 heavy (non-hydrogen) atoms. The van der Waals surface area contributed by atoms with Crippen molar-refractivity contribution in [3.05, 3.63) is 58.6 Å². The van der Waals surface area contributed by atoms with Gasteiger partial charge in [-0.1, -0.05) is 42.1 Å². The summed E-state index contributed by atoms with van der Waals surface area (Å²) in [7, 11) is 0. The SMILES string of the molecule is Cc1cccc(C)c1-n1nnnc1SCc1nc2ccccc2s1. The molecule has 0 saturated heterocycles. The average molecular weight is 353 g/mol. The van der Waals surface area contributed by atoms with E-state index in [1.54, 1.807) is 23.1 Å². The highest BCUT2D eigenvalue weighted by atomic mass is 32.2. The van der Waals surface area contributed by atoms with Crippen molar-refractivity contribution >= 4 is 33.3 Å². The highest BCUT2D eigenvalue weighted by molar-refractivity contribution is 7.98. The molecule has 0 N–H and O–H groups in total. The summed E-state index contributed by atoms with van der Waals surface area (Å²) in [6.07, 6.45) is 0. The molecule has 4 aromatic rings. The van der Waals surface area contributed by atoms with Crippen LogP contribution in [0.4, 0.5) is 0 Å². The minimum atomic E-state index is 0.755. The predicted octanol–water partition coefficient (Wildman–Crippen LogP) is 4.18. The molecule has 4 rings (SSSR count). The first kappa shape index (κ1) is 15.3. The van der Waals surface area contributed by atoms with Crippen molar-refractivity contribution in [2.45, 2.75) is 24.8 Å². The van der Waals surface area contributed by atoms with Crippen LogP contribution < -0.4 is 0 Å². The fraction of sp³-hybridized carbons (Fsp3) is 0.176. The molecule has 0 aliphatic carbocycles. The number of thiazole rings is 1. The Kier molecular flexibility index (Phi) is 4.03. The van der Waals surface area contributed by atoms with Gasteiger partial charge in [0, 0.05) is 0 Å². The van der Waals surface area contributed by atoms with Gasteiger partial charge < -0.3 is 0 Å². The Morgan fingerprint density at radius 3 is 2.62 bits per heavy atom. The third-order valence-corrected chi connectivity index (χ3v) is 5.90. The first-order valence-electron chi connectivity index (χ1n) is 7.54. The second-order valence-electron chi connectivity index (χ2n) is 5.48. The molecule has 7 heteroatoms. The fourth-order valence-corrected chi connectivity index (χ4v) is 4.49. The van der Waals surface area contributed by atoms with Crippen molar-refractivity contribution in [2.75, 3.05) is 0 Å². The van der Waals surface area contributed by atoms with Gasteiger partial charge >= 0.3 is 0 Å². The number of thioether (sulfide) groups is 1. The number of para-hydroxylation sites is 2. The third-order valence-electron chi connectivity index (χ3n) is 3.76. The molecule has 0 saturated carbocycles. The monoisotopic (exact) mass is 353 g/mol. The maximum absolute atomic E-state index is 4.67. The molecular weight excluding hydrogens is 338 g/mol. The Balaban J connectivity index is 1.61. The van der Waals surface area contributed by atoms with E-state index in [0.717, 1.165) is 38.2 Å². The second kappa shape index (κ2) is 6.33. The normalized spacial score (nSPS) is 11.2. The second-order valence-corrected chi connectivity index (χ2v) is 7.54. The van der Waals surface area contributed by atoms with Crippen LogP contribution in [-0.2, 0) is 5.75 Å². The van der Waals surface area contributed by atoms with E-state index < -0.39 is 0 Å². The number of rotatable bonds is 4. The zero-order chi connectivity index (χ0) is 16.5. The van der Waals surface area contributed by atoms with Crippen LogP contribution in [0.1, 0.15) is 16.1 Å². The summed E-state index contributed by atoms with van der Waals surface area (Å²) in [5.41, 5.74) is 4.41. The van der Waals surface area contributed by atoms with Gasteiger partial charge in [0.25, 0.3) is 0 Å². The molecule has 0 radical (unpaired) electrons. The smallest absolute Gasteiger partial charge is 0.214 e. The van der Waals surface area contributed by atoms with Crippen LogP contribution >= 0.6 is 23.1 Å². The van der Waals surface area contributed by atoms with Gasteiger partial charge in [-0.2, -0.15) is 4.68 Å². The van der Waals surface area contributed by atoms with E-state index in [4.69, 9.17) is 0 Å². The number of aryl methyl sites for hydroxylation is 2. The molecule has 2 heterocycles. The van der Waals surface area contributed by atoms with E-state index in [9.17, 15) is 0 Å². The van der Waals surface area contributed by atoms with Crippen molar-refractivity contribution in [3.8, 4) is 5.69 Å². The summed E-state index contributed by atoms with van der Waals surface area (Å²) in [6.45, 7) is 4.15. The Bertz CT molecular complexity index is 952. The van der Waals surface area contributed by atoms with Crippen molar-refractivity contribution in [3.63, 3.8) is 0 Å². The first-order valence-corrected chi connectivity index (χ1v) is 9.35. The molecule has 0 amide bonds. The van der Waals surface area contributed by atoms with E-state index in [1.165, 1.54) is 4.70 Å². The Labute approximate surface area is 147 Å². The minimum absolute atomic E-state index is 0.755. The zero-order valence-corrected chi connectivity index (χ0v) is 14.9. The molecule has 0 unspecified atom stereocenters. The Morgan fingerprint density at radius 1 is 1.04 bits per heavy atom. The van der Waals surface area contributed by atoms with Gasteiger partial charge in [0.2, 0.25) is 5.16 Å². The third kappa shape index (κ3) is 2.81. The standard InChI is InChI=1S/C17H15N5S2/c1-11-6-5-7-12(2)16(11)22-17(19-20-21-22)23-10-15-18-13-8-3-4-9-14(13)24-15/h3-9H,10H2,1-2H3. The van der Waals surface area contributed by atoms with E-state index in [0.29, 0.717) is 0 Å². The van der Waals surface area contributed by atoms with Crippen LogP contribution in [0, 0.1) is 13.8 Å². The van der Waals surface area contributed by atoms with E-state index >= 15 is 0 Å². The van der Waals surface area contributed by atoms with Crippen molar-refractivity contribution in [2.24, 2.45) is 0 Å². The Morgan fingerprint density at radius 2 is 1.83 bits per heavy atom. The van der Waals surface area contributed by atoms with Gasteiger partial charge in [0.05, 0.1) is 21.7 Å². The Hall–Kier alpha value is -2.25. The van der Waals surface area contributed by atoms with Crippen molar-refractivity contribution in [1.82, 2.24) is 25.2 Å².